The van der Waals surface area contributed by atoms with Gasteiger partial charge in [0.05, 0.1) is 11.2 Å². The summed E-state index contributed by atoms with van der Waals surface area (Å²) in [5, 5.41) is 8.17. The number of rotatable bonds is 4. The number of benzene rings is 2. The van der Waals surface area contributed by atoms with E-state index < -0.39 is 0 Å². The van der Waals surface area contributed by atoms with Crippen molar-refractivity contribution in [1.29, 1.82) is 0 Å². The third-order valence-electron chi connectivity index (χ3n) is 6.24. The lowest BCUT2D eigenvalue weighted by atomic mass is 9.89. The molecule has 4 aromatic rings. The van der Waals surface area contributed by atoms with Crippen molar-refractivity contribution >= 4 is 16.8 Å². The maximum Gasteiger partial charge on any atom is 0.253 e. The van der Waals surface area contributed by atoms with Crippen LogP contribution in [0.25, 0.3) is 22.2 Å². The van der Waals surface area contributed by atoms with Crippen LogP contribution in [0.1, 0.15) is 34.5 Å². The second kappa shape index (κ2) is 8.34. The lowest BCUT2D eigenvalue weighted by Gasteiger charge is -2.32. The molecule has 1 aliphatic rings. The van der Waals surface area contributed by atoms with Crippen LogP contribution in [0, 0.1) is 12.8 Å². The van der Waals surface area contributed by atoms with Crippen molar-refractivity contribution in [2.45, 2.75) is 26.2 Å². The van der Waals surface area contributed by atoms with E-state index in [2.05, 4.69) is 45.5 Å². The van der Waals surface area contributed by atoms with Crippen molar-refractivity contribution in [2.75, 3.05) is 13.1 Å². The number of aromatic nitrogens is 3. The quantitative estimate of drug-likeness (QED) is 0.513. The van der Waals surface area contributed by atoms with E-state index in [-0.39, 0.29) is 5.91 Å². The Morgan fingerprint density at radius 1 is 1.06 bits per heavy atom. The van der Waals surface area contributed by atoms with Gasteiger partial charge in [-0.3, -0.25) is 14.9 Å². The van der Waals surface area contributed by atoms with Gasteiger partial charge in [-0.05, 0) is 74.1 Å². The van der Waals surface area contributed by atoms with Gasteiger partial charge in [0.25, 0.3) is 5.91 Å². The molecule has 5 nitrogen and oxygen atoms in total. The molecule has 1 saturated heterocycles. The molecule has 0 saturated carbocycles. The van der Waals surface area contributed by atoms with Crippen LogP contribution in [0.15, 0.2) is 66.9 Å². The van der Waals surface area contributed by atoms with Crippen LogP contribution in [0.5, 0.6) is 0 Å². The molecule has 156 valence electrons. The number of likely N-dealkylation sites (tertiary alicyclic amines) is 1. The Morgan fingerprint density at radius 2 is 1.94 bits per heavy atom. The number of carbonyl (C=O) groups excluding carboxylic acids is 1. The molecule has 0 aliphatic carbocycles. The molecule has 0 radical (unpaired) electrons. The van der Waals surface area contributed by atoms with Crippen molar-refractivity contribution < 1.29 is 4.79 Å². The highest BCUT2D eigenvalue weighted by Gasteiger charge is 2.24. The van der Waals surface area contributed by atoms with Gasteiger partial charge >= 0.3 is 0 Å². The summed E-state index contributed by atoms with van der Waals surface area (Å²) in [6.45, 7) is 3.65. The van der Waals surface area contributed by atoms with Gasteiger partial charge in [-0.2, -0.15) is 5.10 Å². The fourth-order valence-corrected chi connectivity index (χ4v) is 4.50. The molecule has 0 spiro atoms. The predicted molar refractivity (Wildman–Crippen MR) is 123 cm³/mol. The second-order valence-electron chi connectivity index (χ2n) is 8.47. The number of nitrogens with zero attached hydrogens (tertiary/aromatic N) is 3. The van der Waals surface area contributed by atoms with Gasteiger partial charge in [0.2, 0.25) is 0 Å². The second-order valence-corrected chi connectivity index (χ2v) is 8.47. The normalized spacial score (nSPS) is 14.8. The van der Waals surface area contributed by atoms with Crippen molar-refractivity contribution in [2.24, 2.45) is 5.92 Å². The van der Waals surface area contributed by atoms with E-state index in [4.69, 9.17) is 0 Å². The van der Waals surface area contributed by atoms with E-state index in [1.807, 2.05) is 42.2 Å². The molecule has 3 heterocycles. The first kappa shape index (κ1) is 19.5. The number of fused-ring (bicyclic) bond motifs is 1. The van der Waals surface area contributed by atoms with Crippen LogP contribution in [0.2, 0.25) is 0 Å². The van der Waals surface area contributed by atoms with Crippen LogP contribution >= 0.6 is 0 Å². The summed E-state index contributed by atoms with van der Waals surface area (Å²) < 4.78 is 0. The summed E-state index contributed by atoms with van der Waals surface area (Å²) in [5.41, 5.74) is 6.11. The average molecular weight is 411 g/mol. The number of aryl methyl sites for hydroxylation is 1. The van der Waals surface area contributed by atoms with Gasteiger partial charge in [-0.1, -0.05) is 24.3 Å². The Morgan fingerprint density at radius 3 is 2.74 bits per heavy atom. The first-order chi connectivity index (χ1) is 15.2. The highest BCUT2D eigenvalue weighted by molar-refractivity contribution is 5.95. The number of pyridine rings is 1. The number of aromatic amines is 1. The molecule has 0 bridgehead atoms. The SMILES string of the molecule is Cc1ccc2cc(CC3CCN(C(=O)c4cccc(-c5ccn[nH]5)c4)CC3)ccc2n1. The molecule has 0 atom stereocenters. The van der Waals surface area contributed by atoms with E-state index in [1.54, 1.807) is 6.20 Å². The zero-order valence-corrected chi connectivity index (χ0v) is 17.7. The van der Waals surface area contributed by atoms with E-state index in [0.717, 1.165) is 60.4 Å². The topological polar surface area (TPSA) is 61.9 Å². The number of carbonyl (C=O) groups is 1. The fraction of sp³-hybridized carbons (Fsp3) is 0.269. The Labute approximate surface area is 182 Å². The molecule has 1 aliphatic heterocycles. The van der Waals surface area contributed by atoms with Gasteiger partial charge in [-0.15, -0.1) is 0 Å². The molecule has 1 amide bonds. The lowest BCUT2D eigenvalue weighted by Crippen LogP contribution is -2.38. The standard InChI is InChI=1S/C26H26N4O/c1-18-5-7-22-16-20(6-8-24(22)28-18)15-19-10-13-30(14-11-19)26(31)23-4-2-3-21(17-23)25-9-12-27-29-25/h2-9,12,16-17,19H,10-11,13-15H2,1H3,(H,27,29). The molecule has 5 heteroatoms. The molecule has 31 heavy (non-hydrogen) atoms. The molecule has 1 N–H and O–H groups in total. The minimum Gasteiger partial charge on any atom is -0.339 e. The van der Waals surface area contributed by atoms with E-state index in [1.165, 1.54) is 10.9 Å². The van der Waals surface area contributed by atoms with E-state index >= 15 is 0 Å². The highest BCUT2D eigenvalue weighted by atomic mass is 16.2. The van der Waals surface area contributed by atoms with Crippen LogP contribution in [0.3, 0.4) is 0 Å². The fourth-order valence-electron chi connectivity index (χ4n) is 4.50. The van der Waals surface area contributed by atoms with Crippen LogP contribution in [0.4, 0.5) is 0 Å². The summed E-state index contributed by atoms with van der Waals surface area (Å²) in [7, 11) is 0. The van der Waals surface area contributed by atoms with Gasteiger partial charge in [-0.25, -0.2) is 0 Å². The highest BCUT2D eigenvalue weighted by Crippen LogP contribution is 2.25. The van der Waals surface area contributed by atoms with Crippen molar-refractivity contribution in [3.8, 4) is 11.3 Å². The van der Waals surface area contributed by atoms with Gasteiger partial charge in [0.15, 0.2) is 0 Å². The molecule has 0 unspecified atom stereocenters. The number of amides is 1. The number of H-pyrrole nitrogens is 1. The molecular weight excluding hydrogens is 384 g/mol. The largest absolute Gasteiger partial charge is 0.339 e. The zero-order chi connectivity index (χ0) is 21.2. The average Bonchev–Trinajstić information content (AvgIpc) is 3.34. The third kappa shape index (κ3) is 4.22. The maximum absolute atomic E-state index is 13.1. The smallest absolute Gasteiger partial charge is 0.253 e. The number of piperidine rings is 1. The third-order valence-corrected chi connectivity index (χ3v) is 6.24. The minimum atomic E-state index is 0.118. The molecule has 1 fully saturated rings. The first-order valence-corrected chi connectivity index (χ1v) is 10.9. The summed E-state index contributed by atoms with van der Waals surface area (Å²) in [6, 6.07) is 20.5. The van der Waals surface area contributed by atoms with E-state index in [0.29, 0.717) is 5.92 Å². The number of nitrogens with one attached hydrogen (secondary N) is 1. The molecule has 5 rings (SSSR count). The Balaban J connectivity index is 1.22. The van der Waals surface area contributed by atoms with Gasteiger partial charge in [0.1, 0.15) is 0 Å². The number of hydrogen-bond donors (Lipinski definition) is 1. The maximum atomic E-state index is 13.1. The monoisotopic (exact) mass is 410 g/mol. The summed E-state index contributed by atoms with van der Waals surface area (Å²) in [6.07, 6.45) is 4.86. The zero-order valence-electron chi connectivity index (χ0n) is 17.7. The van der Waals surface area contributed by atoms with Crippen LogP contribution < -0.4 is 0 Å². The summed E-state index contributed by atoms with van der Waals surface area (Å²) >= 11 is 0. The van der Waals surface area contributed by atoms with Gasteiger partial charge in [0, 0.05) is 41.5 Å². The predicted octanol–water partition coefficient (Wildman–Crippen LogP) is 5.03. The first-order valence-electron chi connectivity index (χ1n) is 10.9. The Kier molecular flexibility index (Phi) is 5.24. The number of hydrogen-bond acceptors (Lipinski definition) is 3. The van der Waals surface area contributed by atoms with Crippen molar-refractivity contribution in [3.63, 3.8) is 0 Å². The minimum absolute atomic E-state index is 0.118. The van der Waals surface area contributed by atoms with Crippen LogP contribution in [-0.2, 0) is 6.42 Å². The molecule has 2 aromatic carbocycles. The summed E-state index contributed by atoms with van der Waals surface area (Å²) in [4.78, 5) is 19.6. The Bertz CT molecular complexity index is 1210. The van der Waals surface area contributed by atoms with E-state index in [9.17, 15) is 4.79 Å². The Hall–Kier alpha value is -3.47. The van der Waals surface area contributed by atoms with Gasteiger partial charge < -0.3 is 4.90 Å². The molecular formula is C26H26N4O. The molecule has 2 aromatic heterocycles. The van der Waals surface area contributed by atoms with Crippen molar-refractivity contribution in [3.05, 3.63) is 83.7 Å². The summed E-state index contributed by atoms with van der Waals surface area (Å²) in [5.74, 6) is 0.725. The lowest BCUT2D eigenvalue weighted by molar-refractivity contribution is 0.0690. The van der Waals surface area contributed by atoms with Crippen LogP contribution in [-0.4, -0.2) is 39.1 Å². The van der Waals surface area contributed by atoms with Crippen molar-refractivity contribution in [1.82, 2.24) is 20.1 Å².